The van der Waals surface area contributed by atoms with Crippen molar-refractivity contribution in [1.82, 2.24) is 14.9 Å². The smallest absolute Gasteiger partial charge is 0.151 e. The van der Waals surface area contributed by atoms with Crippen molar-refractivity contribution in [3.8, 4) is 0 Å². The number of nitrogens with one attached hydrogen (secondary N) is 1. The van der Waals surface area contributed by atoms with Crippen LogP contribution in [0.1, 0.15) is 36.0 Å². The van der Waals surface area contributed by atoms with Crippen molar-refractivity contribution in [3.63, 3.8) is 0 Å². The summed E-state index contributed by atoms with van der Waals surface area (Å²) >= 11 is 0. The predicted molar refractivity (Wildman–Crippen MR) is 69.2 cm³/mol. The summed E-state index contributed by atoms with van der Waals surface area (Å²) in [7, 11) is -0.846. The van der Waals surface area contributed by atoms with Crippen LogP contribution in [0, 0.1) is 0 Å². The van der Waals surface area contributed by atoms with Crippen LogP contribution in [0.5, 0.6) is 0 Å². The summed E-state index contributed by atoms with van der Waals surface area (Å²) in [4.78, 5) is 4.68. The molecule has 0 aliphatic carbocycles. The van der Waals surface area contributed by atoms with Gasteiger partial charge in [-0.25, -0.2) is 13.4 Å². The predicted octanol–water partition coefficient (Wildman–Crippen LogP) is 0.358. The van der Waals surface area contributed by atoms with Crippen molar-refractivity contribution < 1.29 is 8.42 Å². The highest BCUT2D eigenvalue weighted by molar-refractivity contribution is 7.91. The second-order valence-electron chi connectivity index (χ2n) is 5.30. The van der Waals surface area contributed by atoms with E-state index in [2.05, 4.69) is 14.9 Å². The average molecular weight is 269 g/mol. The minimum atomic E-state index is -2.87. The molecule has 1 aromatic heterocycles. The number of hydrogen-bond acceptors (Lipinski definition) is 4. The Balaban J connectivity index is 1.95. The SMILES string of the molecule is Cn1c(C2CCCS(=O)(=O)C2)nc2c1CCNC2. The largest absolute Gasteiger partial charge is 0.334 e. The molecular formula is C12H19N3O2S. The molecule has 1 saturated heterocycles. The van der Waals surface area contributed by atoms with Gasteiger partial charge in [-0.3, -0.25) is 0 Å². The summed E-state index contributed by atoms with van der Waals surface area (Å²) in [5.41, 5.74) is 2.37. The molecule has 0 spiro atoms. The molecule has 0 aromatic carbocycles. The van der Waals surface area contributed by atoms with E-state index in [1.807, 2.05) is 7.05 Å². The van der Waals surface area contributed by atoms with Gasteiger partial charge in [0, 0.05) is 38.2 Å². The first-order valence-corrected chi connectivity index (χ1v) is 8.34. The van der Waals surface area contributed by atoms with E-state index in [1.165, 1.54) is 5.69 Å². The molecule has 0 bridgehead atoms. The van der Waals surface area contributed by atoms with Crippen LogP contribution in [-0.2, 0) is 29.9 Å². The summed E-state index contributed by atoms with van der Waals surface area (Å²) in [6, 6.07) is 0. The lowest BCUT2D eigenvalue weighted by Gasteiger charge is -2.21. The van der Waals surface area contributed by atoms with Crippen LogP contribution in [-0.4, -0.2) is 36.0 Å². The number of aromatic nitrogens is 2. The zero-order chi connectivity index (χ0) is 12.8. The number of hydrogen-bond donors (Lipinski definition) is 1. The fourth-order valence-corrected chi connectivity index (χ4v) is 4.77. The van der Waals surface area contributed by atoms with Crippen molar-refractivity contribution in [3.05, 3.63) is 17.2 Å². The van der Waals surface area contributed by atoms with Crippen LogP contribution in [0.4, 0.5) is 0 Å². The van der Waals surface area contributed by atoms with E-state index in [9.17, 15) is 8.42 Å². The lowest BCUT2D eigenvalue weighted by Crippen LogP contribution is -2.26. The number of rotatable bonds is 1. The van der Waals surface area contributed by atoms with Gasteiger partial charge in [0.05, 0.1) is 17.2 Å². The lowest BCUT2D eigenvalue weighted by atomic mass is 10.0. The summed E-state index contributed by atoms with van der Waals surface area (Å²) in [5.74, 6) is 1.66. The first kappa shape index (κ1) is 12.2. The van der Waals surface area contributed by atoms with Gasteiger partial charge in [-0.2, -0.15) is 0 Å². The molecule has 1 aromatic rings. The molecule has 100 valence electrons. The third-order valence-electron chi connectivity index (χ3n) is 3.99. The number of fused-ring (bicyclic) bond motifs is 1. The van der Waals surface area contributed by atoms with E-state index < -0.39 is 9.84 Å². The van der Waals surface area contributed by atoms with Crippen LogP contribution in [0.2, 0.25) is 0 Å². The van der Waals surface area contributed by atoms with Crippen molar-refractivity contribution >= 4 is 9.84 Å². The Labute approximate surface area is 108 Å². The highest BCUT2D eigenvalue weighted by Crippen LogP contribution is 2.29. The minimum Gasteiger partial charge on any atom is -0.334 e. The van der Waals surface area contributed by atoms with Crippen LogP contribution in [0.15, 0.2) is 0 Å². The third kappa shape index (κ3) is 2.07. The molecule has 2 aliphatic heterocycles. The van der Waals surface area contributed by atoms with E-state index in [1.54, 1.807) is 0 Å². The molecule has 3 heterocycles. The standard InChI is InChI=1S/C12H19N3O2S/c1-15-11-4-5-13-7-10(11)14-12(15)9-3-2-6-18(16,17)8-9/h9,13H,2-8H2,1H3. The van der Waals surface area contributed by atoms with E-state index >= 15 is 0 Å². The van der Waals surface area contributed by atoms with E-state index in [4.69, 9.17) is 0 Å². The average Bonchev–Trinajstić information content (AvgIpc) is 2.66. The number of imidazole rings is 1. The topological polar surface area (TPSA) is 64.0 Å². The molecule has 0 saturated carbocycles. The molecule has 0 radical (unpaired) electrons. The van der Waals surface area contributed by atoms with Gasteiger partial charge in [0.25, 0.3) is 0 Å². The van der Waals surface area contributed by atoms with Crippen LogP contribution in [0.3, 0.4) is 0 Å². The summed E-state index contributed by atoms with van der Waals surface area (Å²) in [5, 5.41) is 3.31. The molecule has 0 amide bonds. The maximum atomic E-state index is 11.7. The normalized spacial score (nSPS) is 26.8. The maximum absolute atomic E-state index is 11.7. The molecule has 5 nitrogen and oxygen atoms in total. The first-order chi connectivity index (χ1) is 8.57. The van der Waals surface area contributed by atoms with Crippen molar-refractivity contribution in [2.45, 2.75) is 31.7 Å². The molecule has 18 heavy (non-hydrogen) atoms. The zero-order valence-corrected chi connectivity index (χ0v) is 11.5. The Kier molecular flexibility index (Phi) is 2.94. The monoisotopic (exact) mass is 269 g/mol. The lowest BCUT2D eigenvalue weighted by molar-refractivity contribution is 0.533. The molecular weight excluding hydrogens is 250 g/mol. The van der Waals surface area contributed by atoms with Gasteiger partial charge in [-0.15, -0.1) is 0 Å². The second-order valence-corrected chi connectivity index (χ2v) is 7.53. The fraction of sp³-hybridized carbons (Fsp3) is 0.750. The molecule has 3 rings (SSSR count). The van der Waals surface area contributed by atoms with Gasteiger partial charge in [0.1, 0.15) is 5.82 Å². The Hall–Kier alpha value is -0.880. The highest BCUT2D eigenvalue weighted by Gasteiger charge is 2.30. The van der Waals surface area contributed by atoms with E-state index in [0.717, 1.165) is 43.9 Å². The Bertz CT molecular complexity index is 562. The highest BCUT2D eigenvalue weighted by atomic mass is 32.2. The van der Waals surface area contributed by atoms with Gasteiger partial charge >= 0.3 is 0 Å². The fourth-order valence-electron chi connectivity index (χ4n) is 3.07. The Morgan fingerprint density at radius 2 is 2.28 bits per heavy atom. The van der Waals surface area contributed by atoms with Crippen LogP contribution < -0.4 is 5.32 Å². The Morgan fingerprint density at radius 3 is 3.00 bits per heavy atom. The number of sulfone groups is 1. The third-order valence-corrected chi connectivity index (χ3v) is 5.81. The summed E-state index contributed by atoms with van der Waals surface area (Å²) in [6.07, 6.45) is 2.69. The van der Waals surface area contributed by atoms with Crippen molar-refractivity contribution in [2.75, 3.05) is 18.1 Å². The molecule has 6 heteroatoms. The minimum absolute atomic E-state index is 0.0827. The van der Waals surface area contributed by atoms with Crippen LogP contribution >= 0.6 is 0 Å². The number of nitrogens with zero attached hydrogens (tertiary/aromatic N) is 2. The van der Waals surface area contributed by atoms with Gasteiger partial charge in [0.15, 0.2) is 9.84 Å². The molecule has 1 N–H and O–H groups in total. The van der Waals surface area contributed by atoms with Gasteiger partial charge in [0.2, 0.25) is 0 Å². The van der Waals surface area contributed by atoms with Crippen molar-refractivity contribution in [1.29, 1.82) is 0 Å². The molecule has 1 atom stereocenters. The van der Waals surface area contributed by atoms with E-state index in [0.29, 0.717) is 5.75 Å². The molecule has 1 unspecified atom stereocenters. The van der Waals surface area contributed by atoms with Gasteiger partial charge in [-0.05, 0) is 12.8 Å². The van der Waals surface area contributed by atoms with E-state index in [-0.39, 0.29) is 11.7 Å². The summed E-state index contributed by atoms with van der Waals surface area (Å²) in [6.45, 7) is 1.79. The van der Waals surface area contributed by atoms with Crippen LogP contribution in [0.25, 0.3) is 0 Å². The maximum Gasteiger partial charge on any atom is 0.151 e. The first-order valence-electron chi connectivity index (χ1n) is 6.52. The zero-order valence-electron chi connectivity index (χ0n) is 10.6. The van der Waals surface area contributed by atoms with Gasteiger partial charge in [-0.1, -0.05) is 0 Å². The Morgan fingerprint density at radius 1 is 1.44 bits per heavy atom. The van der Waals surface area contributed by atoms with Gasteiger partial charge < -0.3 is 9.88 Å². The second kappa shape index (κ2) is 4.35. The molecule has 1 fully saturated rings. The molecule has 2 aliphatic rings. The summed E-state index contributed by atoms with van der Waals surface area (Å²) < 4.78 is 25.6. The van der Waals surface area contributed by atoms with Crippen molar-refractivity contribution in [2.24, 2.45) is 7.05 Å². The quantitative estimate of drug-likeness (QED) is 0.799.